The van der Waals surface area contributed by atoms with E-state index in [4.69, 9.17) is 11.6 Å². The molecule has 1 rings (SSSR count). The van der Waals surface area contributed by atoms with Crippen molar-refractivity contribution < 1.29 is 14.3 Å². The first-order valence-corrected chi connectivity index (χ1v) is 4.80. The van der Waals surface area contributed by atoms with Crippen molar-refractivity contribution in [2.45, 2.75) is 13.3 Å². The Labute approximate surface area is 92.2 Å². The maximum atomic E-state index is 11.5. The molecule has 4 nitrogen and oxygen atoms in total. The minimum absolute atomic E-state index is 0.264. The van der Waals surface area contributed by atoms with Crippen LogP contribution in [-0.2, 0) is 9.53 Å². The van der Waals surface area contributed by atoms with Crippen molar-refractivity contribution in [2.24, 2.45) is 0 Å². The largest absolute Gasteiger partial charge is 0.466 e. The molecule has 0 aliphatic rings. The van der Waals surface area contributed by atoms with Crippen LogP contribution in [0.15, 0.2) is 18.5 Å². The SMILES string of the molecule is CCOC(=O)CC(=O)c1cncc(Cl)c1. The maximum absolute atomic E-state index is 11.5. The zero-order valence-corrected chi connectivity index (χ0v) is 8.95. The standard InChI is InChI=1S/C10H10ClNO3/c1-2-15-10(14)4-9(13)7-3-8(11)6-12-5-7/h3,5-6H,2,4H2,1H3. The third kappa shape index (κ3) is 3.67. The number of nitrogens with zero attached hydrogens (tertiary/aromatic N) is 1. The van der Waals surface area contributed by atoms with Gasteiger partial charge in [-0.3, -0.25) is 14.6 Å². The number of carbonyl (C=O) groups is 2. The van der Waals surface area contributed by atoms with E-state index in [9.17, 15) is 9.59 Å². The van der Waals surface area contributed by atoms with Gasteiger partial charge in [-0.05, 0) is 13.0 Å². The number of halogens is 1. The smallest absolute Gasteiger partial charge is 0.313 e. The number of ketones is 1. The van der Waals surface area contributed by atoms with E-state index >= 15 is 0 Å². The van der Waals surface area contributed by atoms with Crippen molar-refractivity contribution in [1.82, 2.24) is 4.98 Å². The molecule has 5 heteroatoms. The normalized spacial score (nSPS) is 9.73. The van der Waals surface area contributed by atoms with Crippen LogP contribution in [-0.4, -0.2) is 23.3 Å². The van der Waals surface area contributed by atoms with E-state index in [2.05, 4.69) is 9.72 Å². The number of Topliss-reactive ketones (excluding diaryl/α,β-unsaturated/α-hetero) is 1. The molecule has 0 amide bonds. The summed E-state index contributed by atoms with van der Waals surface area (Å²) in [5.74, 6) is -0.883. The molecule has 0 aliphatic carbocycles. The number of ether oxygens (including phenoxy) is 1. The predicted octanol–water partition coefficient (Wildman–Crippen LogP) is 1.87. The Morgan fingerprint density at radius 2 is 2.20 bits per heavy atom. The van der Waals surface area contributed by atoms with Gasteiger partial charge >= 0.3 is 5.97 Å². The average molecular weight is 228 g/mol. The Morgan fingerprint density at radius 3 is 2.80 bits per heavy atom. The molecule has 0 atom stereocenters. The summed E-state index contributed by atoms with van der Waals surface area (Å²) in [5.41, 5.74) is 0.315. The minimum Gasteiger partial charge on any atom is -0.466 e. The summed E-state index contributed by atoms with van der Waals surface area (Å²) in [5, 5.41) is 0.365. The predicted molar refractivity (Wildman–Crippen MR) is 54.8 cm³/mol. The molecule has 0 saturated carbocycles. The molecular weight excluding hydrogens is 218 g/mol. The van der Waals surface area contributed by atoms with E-state index < -0.39 is 5.97 Å². The van der Waals surface area contributed by atoms with Gasteiger partial charge in [0.1, 0.15) is 6.42 Å². The summed E-state index contributed by atoms with van der Waals surface area (Å²) in [7, 11) is 0. The molecule has 15 heavy (non-hydrogen) atoms. The number of aromatic nitrogens is 1. The Bertz CT molecular complexity index is 379. The van der Waals surface area contributed by atoms with Crippen molar-refractivity contribution in [3.05, 3.63) is 29.0 Å². The van der Waals surface area contributed by atoms with Crippen LogP contribution in [0.25, 0.3) is 0 Å². The third-order valence-electron chi connectivity index (χ3n) is 1.64. The maximum Gasteiger partial charge on any atom is 0.313 e. The van der Waals surface area contributed by atoms with Crippen molar-refractivity contribution in [3.63, 3.8) is 0 Å². The van der Waals surface area contributed by atoms with E-state index in [0.29, 0.717) is 10.6 Å². The number of esters is 1. The summed E-state index contributed by atoms with van der Waals surface area (Å²) in [6.45, 7) is 1.95. The fourth-order valence-corrected chi connectivity index (χ4v) is 1.18. The zero-order chi connectivity index (χ0) is 11.3. The fourth-order valence-electron chi connectivity index (χ4n) is 1.01. The number of hydrogen-bond donors (Lipinski definition) is 0. The molecule has 1 heterocycles. The lowest BCUT2D eigenvalue weighted by Gasteiger charge is -2.01. The van der Waals surface area contributed by atoms with Gasteiger partial charge in [-0.2, -0.15) is 0 Å². The highest BCUT2D eigenvalue weighted by molar-refractivity contribution is 6.30. The van der Waals surface area contributed by atoms with Gasteiger partial charge < -0.3 is 4.74 Å². The summed E-state index contributed by atoms with van der Waals surface area (Å²) >= 11 is 5.66. The highest BCUT2D eigenvalue weighted by Crippen LogP contribution is 2.10. The molecule has 80 valence electrons. The average Bonchev–Trinajstić information content (AvgIpc) is 2.18. The second kappa shape index (κ2) is 5.46. The second-order valence-electron chi connectivity index (χ2n) is 2.80. The van der Waals surface area contributed by atoms with Gasteiger partial charge in [-0.1, -0.05) is 11.6 Å². The molecule has 1 aromatic heterocycles. The molecule has 0 radical (unpaired) electrons. The molecule has 0 unspecified atom stereocenters. The zero-order valence-electron chi connectivity index (χ0n) is 8.20. The van der Waals surface area contributed by atoms with Crippen LogP contribution in [0.5, 0.6) is 0 Å². The van der Waals surface area contributed by atoms with Gasteiger partial charge in [0.2, 0.25) is 0 Å². The van der Waals surface area contributed by atoms with Crippen LogP contribution in [0, 0.1) is 0 Å². The Morgan fingerprint density at radius 1 is 1.47 bits per heavy atom. The van der Waals surface area contributed by atoms with Crippen molar-refractivity contribution >= 4 is 23.4 Å². The summed E-state index contributed by atoms with van der Waals surface area (Å²) in [4.78, 5) is 26.3. The van der Waals surface area contributed by atoms with Crippen LogP contribution in [0.4, 0.5) is 0 Å². The number of pyridine rings is 1. The highest BCUT2D eigenvalue weighted by atomic mass is 35.5. The topological polar surface area (TPSA) is 56.3 Å². The van der Waals surface area contributed by atoms with E-state index in [1.54, 1.807) is 6.92 Å². The van der Waals surface area contributed by atoms with Crippen LogP contribution < -0.4 is 0 Å². The monoisotopic (exact) mass is 227 g/mol. The summed E-state index contributed by atoms with van der Waals surface area (Å²) in [6, 6.07) is 1.47. The van der Waals surface area contributed by atoms with E-state index in [1.165, 1.54) is 18.5 Å². The van der Waals surface area contributed by atoms with E-state index in [0.717, 1.165) is 0 Å². The van der Waals surface area contributed by atoms with Gasteiger partial charge in [0.15, 0.2) is 5.78 Å². The van der Waals surface area contributed by atoms with Gasteiger partial charge in [0.05, 0.1) is 11.6 Å². The third-order valence-corrected chi connectivity index (χ3v) is 1.84. The lowest BCUT2D eigenvalue weighted by Crippen LogP contribution is -2.11. The Balaban J connectivity index is 2.65. The second-order valence-corrected chi connectivity index (χ2v) is 3.23. The molecule has 0 bridgehead atoms. The minimum atomic E-state index is -0.539. The molecule has 0 fully saturated rings. The molecule has 0 saturated heterocycles. The number of hydrogen-bond acceptors (Lipinski definition) is 4. The number of rotatable bonds is 4. The Kier molecular flexibility index (Phi) is 4.24. The first-order valence-electron chi connectivity index (χ1n) is 4.43. The lowest BCUT2D eigenvalue weighted by atomic mass is 10.1. The Hall–Kier alpha value is -1.42. The quantitative estimate of drug-likeness (QED) is 0.448. The van der Waals surface area contributed by atoms with Crippen molar-refractivity contribution in [3.8, 4) is 0 Å². The first kappa shape index (κ1) is 11.7. The van der Waals surface area contributed by atoms with Crippen molar-refractivity contribution in [1.29, 1.82) is 0 Å². The van der Waals surface area contributed by atoms with Gasteiger partial charge in [-0.15, -0.1) is 0 Å². The van der Waals surface area contributed by atoms with Gasteiger partial charge in [-0.25, -0.2) is 0 Å². The van der Waals surface area contributed by atoms with Crippen LogP contribution in [0.2, 0.25) is 5.02 Å². The van der Waals surface area contributed by atoms with E-state index in [-0.39, 0.29) is 18.8 Å². The van der Waals surface area contributed by atoms with Crippen LogP contribution in [0.1, 0.15) is 23.7 Å². The first-order chi connectivity index (χ1) is 7.13. The molecule has 0 spiro atoms. The number of carbonyl (C=O) groups excluding carboxylic acids is 2. The fraction of sp³-hybridized carbons (Fsp3) is 0.300. The molecule has 0 N–H and O–H groups in total. The summed E-state index contributed by atoms with van der Waals surface area (Å²) in [6.07, 6.45) is 2.51. The summed E-state index contributed by atoms with van der Waals surface area (Å²) < 4.78 is 4.65. The lowest BCUT2D eigenvalue weighted by molar-refractivity contribution is -0.141. The van der Waals surface area contributed by atoms with Crippen LogP contribution in [0.3, 0.4) is 0 Å². The van der Waals surface area contributed by atoms with Crippen molar-refractivity contribution in [2.75, 3.05) is 6.61 Å². The molecule has 1 aromatic rings. The molecular formula is C10H10ClNO3. The highest BCUT2D eigenvalue weighted by Gasteiger charge is 2.12. The molecule has 0 aliphatic heterocycles. The van der Waals surface area contributed by atoms with Gasteiger partial charge in [0.25, 0.3) is 0 Å². The van der Waals surface area contributed by atoms with E-state index in [1.807, 2.05) is 0 Å². The van der Waals surface area contributed by atoms with Gasteiger partial charge in [0, 0.05) is 18.0 Å². The van der Waals surface area contributed by atoms with Crippen LogP contribution >= 0.6 is 11.6 Å². The molecule has 0 aromatic carbocycles.